The largest absolute Gasteiger partial charge is 0.346 e. The zero-order chi connectivity index (χ0) is 14.2. The second kappa shape index (κ2) is 5.04. The van der Waals surface area contributed by atoms with E-state index < -0.39 is 10.0 Å². The number of hydrogen-bond acceptors (Lipinski definition) is 4. The predicted molar refractivity (Wildman–Crippen MR) is 73.2 cm³/mol. The van der Waals surface area contributed by atoms with Crippen molar-refractivity contribution in [2.24, 2.45) is 5.73 Å². The molecule has 0 aliphatic heterocycles. The Balaban J connectivity index is 1.79. The van der Waals surface area contributed by atoms with Crippen LogP contribution in [0.3, 0.4) is 0 Å². The Bertz CT molecular complexity index is 686. The summed E-state index contributed by atoms with van der Waals surface area (Å²) in [6.07, 6.45) is 7.09. The van der Waals surface area contributed by atoms with Gasteiger partial charge in [-0.3, -0.25) is 5.10 Å². The monoisotopic (exact) mass is 295 g/mol. The molecule has 0 spiro atoms. The van der Waals surface area contributed by atoms with Crippen molar-refractivity contribution in [2.45, 2.75) is 36.9 Å². The summed E-state index contributed by atoms with van der Waals surface area (Å²) < 4.78 is 29.1. The Kier molecular flexibility index (Phi) is 3.36. The molecule has 3 rings (SSSR count). The van der Waals surface area contributed by atoms with Crippen LogP contribution in [0.5, 0.6) is 0 Å². The highest BCUT2D eigenvalue weighted by molar-refractivity contribution is 7.89. The molecule has 7 nitrogen and oxygen atoms in total. The minimum atomic E-state index is -3.52. The average Bonchev–Trinajstić information content (AvgIpc) is 2.98. The van der Waals surface area contributed by atoms with Gasteiger partial charge in [0.1, 0.15) is 0 Å². The van der Waals surface area contributed by atoms with Gasteiger partial charge in [0.15, 0.2) is 0 Å². The van der Waals surface area contributed by atoms with Gasteiger partial charge in [0, 0.05) is 42.8 Å². The Labute approximate surface area is 117 Å². The molecule has 2 heterocycles. The van der Waals surface area contributed by atoms with Crippen molar-refractivity contribution in [1.29, 1.82) is 0 Å². The van der Waals surface area contributed by atoms with Crippen LogP contribution in [0.1, 0.15) is 30.1 Å². The van der Waals surface area contributed by atoms with Crippen LogP contribution in [0.25, 0.3) is 0 Å². The summed E-state index contributed by atoms with van der Waals surface area (Å²) >= 11 is 0. The van der Waals surface area contributed by atoms with Gasteiger partial charge in [-0.05, 0) is 18.9 Å². The van der Waals surface area contributed by atoms with Crippen molar-refractivity contribution in [2.75, 3.05) is 0 Å². The Hall–Kier alpha value is -1.64. The van der Waals surface area contributed by atoms with Crippen LogP contribution in [0, 0.1) is 0 Å². The fourth-order valence-electron chi connectivity index (χ4n) is 2.14. The van der Waals surface area contributed by atoms with Crippen molar-refractivity contribution >= 4 is 10.0 Å². The predicted octanol–water partition coefficient (Wildman–Crippen LogP) is 0.483. The number of rotatable bonds is 6. The van der Waals surface area contributed by atoms with Crippen LogP contribution < -0.4 is 10.5 Å². The Morgan fingerprint density at radius 2 is 2.30 bits per heavy atom. The first-order valence-electron chi connectivity index (χ1n) is 6.48. The van der Waals surface area contributed by atoms with Crippen LogP contribution >= 0.6 is 0 Å². The quantitative estimate of drug-likeness (QED) is 0.720. The lowest BCUT2D eigenvalue weighted by atomic mass is 10.4. The molecular formula is C12H17N5O2S. The molecule has 0 bridgehead atoms. The van der Waals surface area contributed by atoms with E-state index in [-0.39, 0.29) is 11.4 Å². The third kappa shape index (κ3) is 2.62. The molecule has 1 saturated carbocycles. The lowest BCUT2D eigenvalue weighted by Gasteiger charge is -2.04. The molecule has 0 atom stereocenters. The first-order chi connectivity index (χ1) is 9.60. The summed E-state index contributed by atoms with van der Waals surface area (Å²) in [6, 6.07) is 2.06. The highest BCUT2D eigenvalue weighted by atomic mass is 32.2. The first kappa shape index (κ1) is 13.3. The molecule has 0 saturated heterocycles. The number of nitrogens with zero attached hydrogens (tertiary/aromatic N) is 2. The summed E-state index contributed by atoms with van der Waals surface area (Å²) in [7, 11) is -3.52. The van der Waals surface area contributed by atoms with E-state index in [9.17, 15) is 8.42 Å². The van der Waals surface area contributed by atoms with Gasteiger partial charge >= 0.3 is 0 Å². The average molecular weight is 295 g/mol. The van der Waals surface area contributed by atoms with E-state index in [0.717, 1.165) is 24.1 Å². The van der Waals surface area contributed by atoms with E-state index in [0.29, 0.717) is 12.6 Å². The number of aromatic nitrogens is 3. The van der Waals surface area contributed by atoms with Crippen molar-refractivity contribution in [3.8, 4) is 0 Å². The summed E-state index contributed by atoms with van der Waals surface area (Å²) in [6.45, 7) is 0.555. The molecule has 0 aromatic carbocycles. The van der Waals surface area contributed by atoms with Gasteiger partial charge in [0.25, 0.3) is 0 Å². The molecule has 0 unspecified atom stereocenters. The minimum Gasteiger partial charge on any atom is -0.346 e. The van der Waals surface area contributed by atoms with Crippen LogP contribution in [-0.2, 0) is 23.1 Å². The number of hydrogen-bond donors (Lipinski definition) is 3. The molecule has 4 N–H and O–H groups in total. The normalized spacial score (nSPS) is 15.7. The fourth-order valence-corrected chi connectivity index (χ4v) is 3.20. The lowest BCUT2D eigenvalue weighted by Crippen LogP contribution is -2.22. The number of aromatic amines is 1. The fraction of sp³-hybridized carbons (Fsp3) is 0.417. The third-order valence-corrected chi connectivity index (χ3v) is 4.76. The Morgan fingerprint density at radius 1 is 1.50 bits per heavy atom. The maximum atomic E-state index is 12.3. The lowest BCUT2D eigenvalue weighted by molar-refractivity contribution is 0.581. The SMILES string of the molecule is NCc1cc(S(=O)(=O)NCc2cn[nH]c2)cn1C1CC1. The summed E-state index contributed by atoms with van der Waals surface area (Å²) in [5.74, 6) is 0. The molecule has 1 fully saturated rings. The van der Waals surface area contributed by atoms with E-state index in [1.54, 1.807) is 24.7 Å². The molecule has 0 amide bonds. The van der Waals surface area contributed by atoms with Crippen LogP contribution in [0.4, 0.5) is 0 Å². The molecule has 20 heavy (non-hydrogen) atoms. The summed E-state index contributed by atoms with van der Waals surface area (Å²) in [5, 5.41) is 6.42. The first-order valence-corrected chi connectivity index (χ1v) is 7.96. The second-order valence-corrected chi connectivity index (χ2v) is 6.71. The topological polar surface area (TPSA) is 106 Å². The number of nitrogens with two attached hydrogens (primary N) is 1. The number of nitrogens with one attached hydrogen (secondary N) is 2. The van der Waals surface area contributed by atoms with Gasteiger partial charge < -0.3 is 10.3 Å². The van der Waals surface area contributed by atoms with E-state index >= 15 is 0 Å². The minimum absolute atomic E-state index is 0.214. The summed E-state index contributed by atoms with van der Waals surface area (Å²) in [5.41, 5.74) is 7.32. The smallest absolute Gasteiger partial charge is 0.242 e. The molecule has 1 aliphatic carbocycles. The van der Waals surface area contributed by atoms with E-state index in [1.165, 1.54) is 0 Å². The van der Waals surface area contributed by atoms with Crippen LogP contribution in [-0.4, -0.2) is 23.2 Å². The maximum absolute atomic E-state index is 12.3. The molecule has 2 aromatic heterocycles. The number of sulfonamides is 1. The highest BCUT2D eigenvalue weighted by Gasteiger charge is 2.27. The van der Waals surface area contributed by atoms with Gasteiger partial charge in [0.05, 0.1) is 11.1 Å². The van der Waals surface area contributed by atoms with Crippen molar-refractivity contribution < 1.29 is 8.42 Å². The summed E-state index contributed by atoms with van der Waals surface area (Å²) in [4.78, 5) is 0.272. The van der Waals surface area contributed by atoms with E-state index in [2.05, 4.69) is 14.9 Å². The molecule has 8 heteroatoms. The van der Waals surface area contributed by atoms with Crippen molar-refractivity contribution in [3.05, 3.63) is 35.9 Å². The van der Waals surface area contributed by atoms with Gasteiger partial charge in [-0.25, -0.2) is 13.1 Å². The standard InChI is InChI=1S/C12H17N5O2S/c13-4-11-3-12(8-17(11)10-1-2-10)20(18,19)16-7-9-5-14-15-6-9/h3,5-6,8,10,16H,1-2,4,7,13H2,(H,14,15). The van der Waals surface area contributed by atoms with E-state index in [4.69, 9.17) is 5.73 Å². The van der Waals surface area contributed by atoms with Crippen molar-refractivity contribution in [3.63, 3.8) is 0 Å². The zero-order valence-corrected chi connectivity index (χ0v) is 11.7. The van der Waals surface area contributed by atoms with Gasteiger partial charge in [-0.15, -0.1) is 0 Å². The second-order valence-electron chi connectivity index (χ2n) is 4.94. The maximum Gasteiger partial charge on any atom is 0.242 e. The van der Waals surface area contributed by atoms with Gasteiger partial charge in [0.2, 0.25) is 10.0 Å². The Morgan fingerprint density at radius 3 is 2.90 bits per heavy atom. The molecular weight excluding hydrogens is 278 g/mol. The number of H-pyrrole nitrogens is 1. The van der Waals surface area contributed by atoms with Crippen LogP contribution in [0.15, 0.2) is 29.6 Å². The van der Waals surface area contributed by atoms with E-state index in [1.807, 2.05) is 4.57 Å². The molecule has 1 aliphatic rings. The molecule has 0 radical (unpaired) electrons. The highest BCUT2D eigenvalue weighted by Crippen LogP contribution is 2.37. The van der Waals surface area contributed by atoms with Crippen LogP contribution in [0.2, 0.25) is 0 Å². The van der Waals surface area contributed by atoms with Gasteiger partial charge in [-0.1, -0.05) is 0 Å². The molecule has 2 aromatic rings. The van der Waals surface area contributed by atoms with Crippen molar-refractivity contribution in [1.82, 2.24) is 19.5 Å². The zero-order valence-electron chi connectivity index (χ0n) is 10.9. The van der Waals surface area contributed by atoms with Gasteiger partial charge in [-0.2, -0.15) is 5.10 Å². The molecule has 108 valence electrons. The third-order valence-electron chi connectivity index (χ3n) is 3.39.